The van der Waals surface area contributed by atoms with Crippen LogP contribution in [0.4, 0.5) is 0 Å². The van der Waals surface area contributed by atoms with E-state index in [0.717, 1.165) is 29.9 Å². The summed E-state index contributed by atoms with van der Waals surface area (Å²) in [5.41, 5.74) is 2.92. The molecule has 3 rings (SSSR count). The number of imidazole rings is 1. The standard InChI is InChI=1S/C13H16N2O2S/c1-10-4-2-6-13-14-12(8-15(10)13)11-5-3-7-18(16,17)9-11/h2,4,6,8,11H,3,5,7,9H2,1H3. The number of hydrogen-bond acceptors (Lipinski definition) is 3. The first-order valence-corrected chi connectivity index (χ1v) is 8.02. The second-order valence-corrected chi connectivity index (χ2v) is 7.24. The first kappa shape index (κ1) is 11.7. The molecule has 5 heteroatoms. The molecule has 0 radical (unpaired) electrons. The number of rotatable bonds is 1. The normalized spacial score (nSPS) is 23.3. The third kappa shape index (κ3) is 2.03. The van der Waals surface area contributed by atoms with Gasteiger partial charge in [-0.25, -0.2) is 13.4 Å². The van der Waals surface area contributed by atoms with E-state index in [4.69, 9.17) is 0 Å². The molecule has 2 aromatic rings. The molecule has 4 nitrogen and oxygen atoms in total. The summed E-state index contributed by atoms with van der Waals surface area (Å²) in [6, 6.07) is 5.95. The van der Waals surface area contributed by atoms with Crippen molar-refractivity contribution in [1.29, 1.82) is 0 Å². The van der Waals surface area contributed by atoms with Gasteiger partial charge in [0, 0.05) is 17.8 Å². The summed E-state index contributed by atoms with van der Waals surface area (Å²) in [6.45, 7) is 2.02. The van der Waals surface area contributed by atoms with Crippen molar-refractivity contribution in [2.75, 3.05) is 11.5 Å². The lowest BCUT2D eigenvalue weighted by Crippen LogP contribution is -2.23. The molecule has 0 N–H and O–H groups in total. The van der Waals surface area contributed by atoms with E-state index >= 15 is 0 Å². The smallest absolute Gasteiger partial charge is 0.150 e. The molecule has 96 valence electrons. The molecule has 0 aliphatic carbocycles. The fourth-order valence-electron chi connectivity index (χ4n) is 2.62. The monoisotopic (exact) mass is 264 g/mol. The fourth-order valence-corrected chi connectivity index (χ4v) is 4.34. The summed E-state index contributed by atoms with van der Waals surface area (Å²) < 4.78 is 25.4. The molecule has 1 aliphatic rings. The van der Waals surface area contributed by atoms with Crippen molar-refractivity contribution in [3.8, 4) is 0 Å². The third-order valence-electron chi connectivity index (χ3n) is 3.60. The number of sulfone groups is 1. The molecular formula is C13H16N2O2S. The van der Waals surface area contributed by atoms with Gasteiger partial charge in [-0.2, -0.15) is 0 Å². The molecule has 0 aromatic carbocycles. The predicted molar refractivity (Wildman–Crippen MR) is 70.6 cm³/mol. The van der Waals surface area contributed by atoms with E-state index in [9.17, 15) is 8.42 Å². The summed E-state index contributed by atoms with van der Waals surface area (Å²) in [5.74, 6) is 0.634. The average molecular weight is 264 g/mol. The molecule has 1 saturated heterocycles. The van der Waals surface area contributed by atoms with Crippen molar-refractivity contribution < 1.29 is 8.42 Å². The van der Waals surface area contributed by atoms with Gasteiger partial charge >= 0.3 is 0 Å². The lowest BCUT2D eigenvalue weighted by atomic mass is 10.0. The number of fused-ring (bicyclic) bond motifs is 1. The maximum atomic E-state index is 11.7. The Balaban J connectivity index is 2.02. The minimum Gasteiger partial charge on any atom is -0.304 e. The highest BCUT2D eigenvalue weighted by Gasteiger charge is 2.27. The van der Waals surface area contributed by atoms with E-state index < -0.39 is 9.84 Å². The van der Waals surface area contributed by atoms with Crippen molar-refractivity contribution in [2.45, 2.75) is 25.7 Å². The Morgan fingerprint density at radius 3 is 2.94 bits per heavy atom. The third-order valence-corrected chi connectivity index (χ3v) is 5.42. The van der Waals surface area contributed by atoms with Crippen LogP contribution in [0.5, 0.6) is 0 Å². The SMILES string of the molecule is Cc1cccc2nc(C3CCCS(=O)(=O)C3)cn12. The molecule has 18 heavy (non-hydrogen) atoms. The van der Waals surface area contributed by atoms with Gasteiger partial charge in [0.15, 0.2) is 9.84 Å². The van der Waals surface area contributed by atoms with E-state index in [-0.39, 0.29) is 11.7 Å². The van der Waals surface area contributed by atoms with Gasteiger partial charge in [0.1, 0.15) is 5.65 Å². The second-order valence-electron chi connectivity index (χ2n) is 5.01. The fraction of sp³-hybridized carbons (Fsp3) is 0.462. The first-order chi connectivity index (χ1) is 8.55. The van der Waals surface area contributed by atoms with Crippen LogP contribution in [-0.2, 0) is 9.84 Å². The summed E-state index contributed by atoms with van der Waals surface area (Å²) in [5, 5.41) is 0. The van der Waals surface area contributed by atoms with Gasteiger partial charge in [0.05, 0.1) is 17.2 Å². The molecule has 0 spiro atoms. The van der Waals surface area contributed by atoms with Gasteiger partial charge in [0.25, 0.3) is 0 Å². The lowest BCUT2D eigenvalue weighted by molar-refractivity contribution is 0.550. The zero-order valence-electron chi connectivity index (χ0n) is 10.3. The van der Waals surface area contributed by atoms with Crippen LogP contribution in [0, 0.1) is 6.92 Å². The maximum absolute atomic E-state index is 11.7. The Bertz CT molecular complexity index is 688. The Morgan fingerprint density at radius 1 is 1.39 bits per heavy atom. The largest absolute Gasteiger partial charge is 0.304 e. The average Bonchev–Trinajstić information content (AvgIpc) is 2.73. The number of aromatic nitrogens is 2. The molecule has 2 aromatic heterocycles. The molecule has 1 aliphatic heterocycles. The molecule has 3 heterocycles. The Labute approximate surface area is 107 Å². The van der Waals surface area contributed by atoms with E-state index in [1.54, 1.807) is 0 Å². The van der Waals surface area contributed by atoms with Crippen molar-refractivity contribution in [3.05, 3.63) is 35.8 Å². The van der Waals surface area contributed by atoms with Crippen LogP contribution in [0.3, 0.4) is 0 Å². The Hall–Kier alpha value is -1.36. The maximum Gasteiger partial charge on any atom is 0.150 e. The molecule has 0 bridgehead atoms. The summed E-state index contributed by atoms with van der Waals surface area (Å²) in [6.07, 6.45) is 3.65. The van der Waals surface area contributed by atoms with Crippen LogP contribution < -0.4 is 0 Å². The summed E-state index contributed by atoms with van der Waals surface area (Å²) >= 11 is 0. The van der Waals surface area contributed by atoms with E-state index in [1.165, 1.54) is 0 Å². The van der Waals surface area contributed by atoms with Crippen LogP contribution in [-0.4, -0.2) is 29.3 Å². The predicted octanol–water partition coefficient (Wildman–Crippen LogP) is 1.93. The van der Waals surface area contributed by atoms with Crippen molar-refractivity contribution in [1.82, 2.24) is 9.38 Å². The molecule has 1 unspecified atom stereocenters. The van der Waals surface area contributed by atoms with Gasteiger partial charge < -0.3 is 4.40 Å². The van der Waals surface area contributed by atoms with Crippen LogP contribution >= 0.6 is 0 Å². The van der Waals surface area contributed by atoms with E-state index in [2.05, 4.69) is 4.98 Å². The summed E-state index contributed by atoms with van der Waals surface area (Å²) in [7, 11) is -2.88. The van der Waals surface area contributed by atoms with Crippen molar-refractivity contribution >= 4 is 15.5 Å². The lowest BCUT2D eigenvalue weighted by Gasteiger charge is -2.19. The van der Waals surface area contributed by atoms with Crippen LogP contribution in [0.1, 0.15) is 30.1 Å². The zero-order chi connectivity index (χ0) is 12.8. The van der Waals surface area contributed by atoms with Gasteiger partial charge in [-0.15, -0.1) is 0 Å². The molecule has 1 fully saturated rings. The number of nitrogens with zero attached hydrogens (tertiary/aromatic N) is 2. The Kier molecular flexibility index (Phi) is 2.66. The van der Waals surface area contributed by atoms with E-state index in [0.29, 0.717) is 5.75 Å². The molecule has 0 saturated carbocycles. The second kappa shape index (κ2) is 4.09. The van der Waals surface area contributed by atoms with Crippen LogP contribution in [0.2, 0.25) is 0 Å². The Morgan fingerprint density at radius 2 is 2.22 bits per heavy atom. The van der Waals surface area contributed by atoms with Crippen LogP contribution in [0.15, 0.2) is 24.4 Å². The van der Waals surface area contributed by atoms with Gasteiger partial charge in [0.2, 0.25) is 0 Å². The zero-order valence-corrected chi connectivity index (χ0v) is 11.2. The summed E-state index contributed by atoms with van der Waals surface area (Å²) in [4.78, 5) is 4.56. The molecule has 1 atom stereocenters. The highest BCUT2D eigenvalue weighted by atomic mass is 32.2. The van der Waals surface area contributed by atoms with Crippen molar-refractivity contribution in [2.24, 2.45) is 0 Å². The van der Waals surface area contributed by atoms with Gasteiger partial charge in [-0.1, -0.05) is 6.07 Å². The minimum atomic E-state index is -2.88. The number of pyridine rings is 1. The first-order valence-electron chi connectivity index (χ1n) is 6.20. The van der Waals surface area contributed by atoms with Gasteiger partial charge in [-0.05, 0) is 31.9 Å². The number of hydrogen-bond donors (Lipinski definition) is 0. The van der Waals surface area contributed by atoms with Crippen LogP contribution in [0.25, 0.3) is 5.65 Å². The molecular weight excluding hydrogens is 248 g/mol. The highest BCUT2D eigenvalue weighted by Crippen LogP contribution is 2.28. The minimum absolute atomic E-state index is 0.0584. The van der Waals surface area contributed by atoms with Gasteiger partial charge in [-0.3, -0.25) is 0 Å². The van der Waals surface area contributed by atoms with Crippen molar-refractivity contribution in [3.63, 3.8) is 0 Å². The van der Waals surface area contributed by atoms with E-state index in [1.807, 2.05) is 35.7 Å². The number of aryl methyl sites for hydroxylation is 1. The highest BCUT2D eigenvalue weighted by molar-refractivity contribution is 7.91. The molecule has 0 amide bonds. The quantitative estimate of drug-likeness (QED) is 0.791. The topological polar surface area (TPSA) is 51.4 Å².